The normalized spacial score (nSPS) is 12.2. The van der Waals surface area contributed by atoms with E-state index in [2.05, 4.69) is 15.3 Å². The summed E-state index contributed by atoms with van der Waals surface area (Å²) in [5.41, 5.74) is 11.4. The average molecular weight is 485 g/mol. The molecule has 0 spiro atoms. The van der Waals surface area contributed by atoms with Gasteiger partial charge in [0.05, 0.1) is 17.1 Å². The number of nitrogens with one attached hydrogen (secondary N) is 1. The molecule has 1 unspecified atom stereocenters. The van der Waals surface area contributed by atoms with Gasteiger partial charge in [-0.1, -0.05) is 6.07 Å². The summed E-state index contributed by atoms with van der Waals surface area (Å²) >= 11 is 0. The number of carbonyl (C=O) groups is 1. The van der Waals surface area contributed by atoms with Crippen LogP contribution in [0.25, 0.3) is 22.3 Å². The second-order valence-corrected chi connectivity index (χ2v) is 8.87. The number of nitrogens with zero attached hydrogens (tertiary/aromatic N) is 2. The second-order valence-electron chi connectivity index (χ2n) is 8.87. The number of hydrogen-bond acceptors (Lipinski definition) is 7. The number of aromatic nitrogens is 1. The number of aliphatic imine (C=N–C) groups is 1. The molecular formula is C28H28N4O4. The molecule has 0 amide bonds. The number of aromatic carboxylic acids is 1. The van der Waals surface area contributed by atoms with E-state index in [4.69, 9.17) is 10.2 Å². The lowest BCUT2D eigenvalue weighted by Crippen LogP contribution is -2.15. The number of fused-ring (bicyclic) bond motifs is 1. The lowest BCUT2D eigenvalue weighted by molar-refractivity contribution is 0.0691. The second kappa shape index (κ2) is 9.65. The fraction of sp³-hybridized carbons (Fsp3) is 0.214. The predicted octanol–water partition coefficient (Wildman–Crippen LogP) is 5.28. The SMILES string of the molecule is CN=Cc1cc(-c2oc3c(C(C)Nc4ccc(C)nc4C(=O)O)cc(C)cc3c(=O)c2C)ccc1N. The molecule has 4 rings (SSSR count). The number of hydrogen-bond donors (Lipinski definition) is 3. The van der Waals surface area contributed by atoms with E-state index in [9.17, 15) is 14.7 Å². The standard InChI is InChI=1S/C28H28N4O4/c1-14-10-20(17(4)32-23-9-6-15(2)31-24(23)28(34)35)27-21(11-14)25(33)16(3)26(36-27)18-7-8-22(29)19(12-18)13-30-5/h6-13,17,32H,29H2,1-5H3,(H,34,35). The van der Waals surface area contributed by atoms with Gasteiger partial charge in [-0.15, -0.1) is 0 Å². The Morgan fingerprint density at radius 1 is 1.17 bits per heavy atom. The van der Waals surface area contributed by atoms with Crippen LogP contribution in [0.5, 0.6) is 0 Å². The summed E-state index contributed by atoms with van der Waals surface area (Å²) in [5, 5.41) is 13.3. The van der Waals surface area contributed by atoms with Gasteiger partial charge in [-0.25, -0.2) is 9.78 Å². The van der Waals surface area contributed by atoms with E-state index < -0.39 is 5.97 Å². The van der Waals surface area contributed by atoms with Crippen LogP contribution < -0.4 is 16.5 Å². The Balaban J connectivity index is 1.90. The number of pyridine rings is 1. The molecule has 2 aromatic heterocycles. The summed E-state index contributed by atoms with van der Waals surface area (Å²) < 4.78 is 6.42. The molecule has 184 valence electrons. The largest absolute Gasteiger partial charge is 0.476 e. The summed E-state index contributed by atoms with van der Waals surface area (Å²) in [6.45, 7) is 7.27. The molecule has 4 aromatic rings. The van der Waals surface area contributed by atoms with E-state index >= 15 is 0 Å². The van der Waals surface area contributed by atoms with Crippen molar-refractivity contribution in [3.63, 3.8) is 0 Å². The smallest absolute Gasteiger partial charge is 0.356 e. The molecule has 0 fully saturated rings. The molecule has 0 aliphatic rings. The molecule has 0 saturated heterocycles. The summed E-state index contributed by atoms with van der Waals surface area (Å²) in [4.78, 5) is 33.4. The first-order valence-electron chi connectivity index (χ1n) is 11.5. The van der Waals surface area contributed by atoms with Gasteiger partial charge in [0.15, 0.2) is 11.1 Å². The molecule has 0 radical (unpaired) electrons. The number of carboxylic acids is 1. The van der Waals surface area contributed by atoms with Gasteiger partial charge in [-0.3, -0.25) is 9.79 Å². The number of carboxylic acid groups (broad SMARTS) is 1. The molecule has 2 aromatic carbocycles. The van der Waals surface area contributed by atoms with Crippen molar-refractivity contribution in [1.82, 2.24) is 4.98 Å². The number of nitrogen functional groups attached to an aromatic ring is 1. The number of aryl methyl sites for hydroxylation is 2. The van der Waals surface area contributed by atoms with Crippen molar-refractivity contribution < 1.29 is 14.3 Å². The van der Waals surface area contributed by atoms with Crippen molar-refractivity contribution in [3.05, 3.63) is 86.3 Å². The quantitative estimate of drug-likeness (QED) is 0.251. The van der Waals surface area contributed by atoms with Gasteiger partial charge in [0.2, 0.25) is 0 Å². The Morgan fingerprint density at radius 3 is 2.61 bits per heavy atom. The highest BCUT2D eigenvalue weighted by Crippen LogP contribution is 2.33. The van der Waals surface area contributed by atoms with Crippen LogP contribution in [-0.2, 0) is 0 Å². The summed E-state index contributed by atoms with van der Waals surface area (Å²) in [6.07, 6.45) is 1.66. The van der Waals surface area contributed by atoms with Crippen LogP contribution in [0.4, 0.5) is 11.4 Å². The molecule has 8 nitrogen and oxygen atoms in total. The van der Waals surface area contributed by atoms with Crippen LogP contribution in [0.2, 0.25) is 0 Å². The van der Waals surface area contributed by atoms with E-state index in [1.165, 1.54) is 0 Å². The maximum absolute atomic E-state index is 13.4. The first-order valence-corrected chi connectivity index (χ1v) is 11.5. The average Bonchev–Trinajstić information content (AvgIpc) is 2.83. The summed E-state index contributed by atoms with van der Waals surface area (Å²) in [7, 11) is 1.66. The molecule has 36 heavy (non-hydrogen) atoms. The van der Waals surface area contributed by atoms with E-state index in [1.54, 1.807) is 45.3 Å². The van der Waals surface area contributed by atoms with Crippen molar-refractivity contribution in [2.75, 3.05) is 18.1 Å². The van der Waals surface area contributed by atoms with E-state index in [-0.39, 0.29) is 17.2 Å². The number of nitrogens with two attached hydrogens (primary N) is 1. The lowest BCUT2D eigenvalue weighted by Gasteiger charge is -2.20. The summed E-state index contributed by atoms with van der Waals surface area (Å²) in [6, 6.07) is 12.2. The Labute approximate surface area is 208 Å². The molecule has 2 heterocycles. The molecule has 4 N–H and O–H groups in total. The zero-order valence-corrected chi connectivity index (χ0v) is 20.8. The fourth-order valence-corrected chi connectivity index (χ4v) is 4.28. The van der Waals surface area contributed by atoms with E-state index in [1.807, 2.05) is 38.1 Å². The van der Waals surface area contributed by atoms with Gasteiger partial charge in [-0.05, 0) is 69.7 Å². The van der Waals surface area contributed by atoms with Crippen LogP contribution in [0.15, 0.2) is 56.7 Å². The highest BCUT2D eigenvalue weighted by molar-refractivity contribution is 5.92. The van der Waals surface area contributed by atoms with Gasteiger partial charge < -0.3 is 20.6 Å². The maximum Gasteiger partial charge on any atom is 0.356 e. The molecule has 0 saturated carbocycles. The zero-order chi connectivity index (χ0) is 26.1. The van der Waals surface area contributed by atoms with Crippen molar-refractivity contribution in [2.24, 2.45) is 4.99 Å². The van der Waals surface area contributed by atoms with E-state index in [0.717, 1.165) is 16.7 Å². The van der Waals surface area contributed by atoms with Crippen LogP contribution in [0.3, 0.4) is 0 Å². The highest BCUT2D eigenvalue weighted by atomic mass is 16.4. The highest BCUT2D eigenvalue weighted by Gasteiger charge is 2.21. The molecule has 8 heteroatoms. The topological polar surface area (TPSA) is 131 Å². The molecule has 0 aliphatic carbocycles. The van der Waals surface area contributed by atoms with Crippen LogP contribution in [0, 0.1) is 20.8 Å². The minimum atomic E-state index is -1.12. The van der Waals surface area contributed by atoms with Crippen LogP contribution in [0.1, 0.15) is 51.4 Å². The third kappa shape index (κ3) is 4.57. The minimum Gasteiger partial charge on any atom is -0.476 e. The maximum atomic E-state index is 13.4. The van der Waals surface area contributed by atoms with Crippen molar-refractivity contribution in [2.45, 2.75) is 33.7 Å². The Morgan fingerprint density at radius 2 is 1.92 bits per heavy atom. The Kier molecular flexibility index (Phi) is 6.61. The number of rotatable bonds is 6. The molecule has 1 atom stereocenters. The van der Waals surface area contributed by atoms with Gasteiger partial charge in [-0.2, -0.15) is 0 Å². The third-order valence-corrected chi connectivity index (χ3v) is 6.08. The van der Waals surface area contributed by atoms with Crippen LogP contribution in [-0.4, -0.2) is 29.3 Å². The van der Waals surface area contributed by atoms with Crippen molar-refractivity contribution in [3.8, 4) is 11.3 Å². The van der Waals surface area contributed by atoms with Crippen molar-refractivity contribution >= 4 is 34.5 Å². The molecule has 0 aliphatic heterocycles. The zero-order valence-electron chi connectivity index (χ0n) is 20.8. The van der Waals surface area contributed by atoms with Crippen molar-refractivity contribution in [1.29, 1.82) is 0 Å². The third-order valence-electron chi connectivity index (χ3n) is 6.08. The van der Waals surface area contributed by atoms with Gasteiger partial charge in [0.1, 0.15) is 11.3 Å². The van der Waals surface area contributed by atoms with Gasteiger partial charge in [0, 0.05) is 46.9 Å². The van der Waals surface area contributed by atoms with E-state index in [0.29, 0.717) is 44.9 Å². The fourth-order valence-electron chi connectivity index (χ4n) is 4.28. The van der Waals surface area contributed by atoms with Crippen LogP contribution >= 0.6 is 0 Å². The monoisotopic (exact) mass is 484 g/mol. The Hall–Kier alpha value is -4.46. The number of anilines is 2. The van der Waals surface area contributed by atoms with Gasteiger partial charge in [0.25, 0.3) is 0 Å². The first-order chi connectivity index (χ1) is 17.1. The molecular weight excluding hydrogens is 456 g/mol. The Bertz CT molecular complexity index is 1590. The number of benzene rings is 2. The predicted molar refractivity (Wildman–Crippen MR) is 143 cm³/mol. The summed E-state index contributed by atoms with van der Waals surface area (Å²) in [5.74, 6) is -0.680. The first kappa shape index (κ1) is 24.7. The minimum absolute atomic E-state index is 0.0659. The molecule has 0 bridgehead atoms. The van der Waals surface area contributed by atoms with Gasteiger partial charge >= 0.3 is 5.97 Å². The lowest BCUT2D eigenvalue weighted by atomic mass is 9.98.